The van der Waals surface area contributed by atoms with E-state index in [1.807, 2.05) is 0 Å². The number of hydrogen-bond acceptors (Lipinski definition) is 7. The lowest BCUT2D eigenvalue weighted by Gasteiger charge is -2.23. The maximum absolute atomic E-state index is 12.4. The highest BCUT2D eigenvalue weighted by Gasteiger charge is 2.28. The molecule has 0 fully saturated rings. The van der Waals surface area contributed by atoms with Crippen molar-refractivity contribution >= 4 is 28.7 Å². The van der Waals surface area contributed by atoms with Crippen LogP contribution in [0.5, 0.6) is 0 Å². The van der Waals surface area contributed by atoms with E-state index in [0.29, 0.717) is 22.7 Å². The Hall–Kier alpha value is -3.35. The van der Waals surface area contributed by atoms with Gasteiger partial charge in [-0.15, -0.1) is 0 Å². The van der Waals surface area contributed by atoms with Gasteiger partial charge in [0, 0.05) is 13.1 Å². The summed E-state index contributed by atoms with van der Waals surface area (Å²) in [5, 5.41) is 0. The Morgan fingerprint density at radius 3 is 2.60 bits per heavy atom. The van der Waals surface area contributed by atoms with E-state index >= 15 is 0 Å². The van der Waals surface area contributed by atoms with E-state index in [-0.39, 0.29) is 11.3 Å². The average Bonchev–Trinajstić information content (AvgIpc) is 2.87. The van der Waals surface area contributed by atoms with E-state index in [2.05, 4.69) is 4.98 Å². The van der Waals surface area contributed by atoms with Crippen LogP contribution in [0, 0.1) is 6.92 Å². The maximum atomic E-state index is 12.4. The molecule has 128 valence electrons. The second kappa shape index (κ2) is 6.64. The van der Waals surface area contributed by atoms with Crippen molar-refractivity contribution in [3.8, 4) is 0 Å². The van der Waals surface area contributed by atoms with Crippen LogP contribution in [0.1, 0.15) is 5.89 Å². The molecule has 1 aromatic carbocycles. The third-order valence-electron chi connectivity index (χ3n) is 3.65. The van der Waals surface area contributed by atoms with E-state index in [1.165, 1.54) is 20.3 Å². The van der Waals surface area contributed by atoms with Crippen LogP contribution in [0.3, 0.4) is 0 Å². The van der Waals surface area contributed by atoms with Gasteiger partial charge in [0.2, 0.25) is 0 Å². The summed E-state index contributed by atoms with van der Waals surface area (Å²) in [6, 6.07) is 5.33. The predicted octanol–water partition coefficient (Wildman–Crippen LogP) is 2.63. The number of methoxy groups -OCH3 is 2. The molecule has 0 N–H and O–H groups in total. The summed E-state index contributed by atoms with van der Waals surface area (Å²) in [5.74, 6) is -0.821. The van der Waals surface area contributed by atoms with Crippen molar-refractivity contribution in [2.24, 2.45) is 0 Å². The molecule has 7 heteroatoms. The Morgan fingerprint density at radius 1 is 1.12 bits per heavy atom. The number of aryl methyl sites for hydroxylation is 1. The van der Waals surface area contributed by atoms with E-state index in [1.54, 1.807) is 48.4 Å². The van der Waals surface area contributed by atoms with Crippen LogP contribution >= 0.6 is 0 Å². The van der Waals surface area contributed by atoms with Gasteiger partial charge in [0.05, 0.1) is 25.5 Å². The summed E-state index contributed by atoms with van der Waals surface area (Å²) >= 11 is 0. The van der Waals surface area contributed by atoms with Crippen LogP contribution in [0.15, 0.2) is 58.3 Å². The fraction of sp³-hybridized carbons (Fsp3) is 0.167. The normalized spacial score (nSPS) is 14.0. The number of fused-ring (bicyclic) bond motifs is 1. The van der Waals surface area contributed by atoms with Crippen molar-refractivity contribution in [1.82, 2.24) is 4.98 Å². The zero-order valence-corrected chi connectivity index (χ0v) is 14.0. The molecule has 2 heterocycles. The second-order valence-electron chi connectivity index (χ2n) is 5.17. The first-order chi connectivity index (χ1) is 12.1. The van der Waals surface area contributed by atoms with Gasteiger partial charge in [-0.25, -0.2) is 14.6 Å². The van der Waals surface area contributed by atoms with Gasteiger partial charge in [-0.05, 0) is 24.3 Å². The molecule has 0 radical (unpaired) electrons. The average molecular weight is 340 g/mol. The van der Waals surface area contributed by atoms with Gasteiger partial charge in [0.1, 0.15) is 11.2 Å². The van der Waals surface area contributed by atoms with E-state index in [9.17, 15) is 9.59 Å². The van der Waals surface area contributed by atoms with Crippen LogP contribution in [-0.2, 0) is 19.1 Å². The first kappa shape index (κ1) is 16.5. The van der Waals surface area contributed by atoms with Crippen molar-refractivity contribution in [2.45, 2.75) is 6.92 Å². The number of allylic oxidation sites excluding steroid dienone is 2. The Morgan fingerprint density at radius 2 is 1.88 bits per heavy atom. The number of anilines is 1. The first-order valence-corrected chi connectivity index (χ1v) is 7.48. The second-order valence-corrected chi connectivity index (χ2v) is 5.17. The number of para-hydroxylation sites is 1. The molecule has 0 aliphatic carbocycles. The number of hydrogen-bond donors (Lipinski definition) is 0. The topological polar surface area (TPSA) is 81.9 Å². The number of aromatic nitrogens is 1. The number of nitrogens with zero attached hydrogens (tertiary/aromatic N) is 2. The summed E-state index contributed by atoms with van der Waals surface area (Å²) in [6.45, 7) is 1.74. The Kier molecular flexibility index (Phi) is 4.38. The molecular formula is C18H16N2O5. The minimum atomic E-state index is -0.672. The SMILES string of the molecule is COC(=O)C1=C(C(=O)OC)N(c2cccc3oc(C)nc23)C=CC=C1. The molecule has 0 atom stereocenters. The minimum absolute atomic E-state index is 0.0347. The first-order valence-electron chi connectivity index (χ1n) is 7.48. The molecule has 0 bridgehead atoms. The number of oxazole rings is 1. The molecule has 7 nitrogen and oxygen atoms in total. The maximum Gasteiger partial charge on any atom is 0.355 e. The Balaban J connectivity index is 2.27. The lowest BCUT2D eigenvalue weighted by atomic mass is 10.1. The summed E-state index contributed by atoms with van der Waals surface area (Å²) in [6.07, 6.45) is 6.49. The molecule has 2 aromatic rings. The molecule has 0 saturated carbocycles. The van der Waals surface area contributed by atoms with Crippen LogP contribution in [0.25, 0.3) is 11.1 Å². The molecule has 0 saturated heterocycles. The minimum Gasteiger partial charge on any atom is -0.465 e. The number of benzene rings is 1. The number of rotatable bonds is 3. The summed E-state index contributed by atoms with van der Waals surface area (Å²) in [4.78, 5) is 30.5. The van der Waals surface area contributed by atoms with E-state index in [4.69, 9.17) is 13.9 Å². The number of carbonyl (C=O) groups excluding carboxylic acids is 2. The fourth-order valence-electron chi connectivity index (χ4n) is 2.59. The zero-order chi connectivity index (χ0) is 18.0. The van der Waals surface area contributed by atoms with Crippen molar-refractivity contribution in [3.05, 3.63) is 59.8 Å². The van der Waals surface area contributed by atoms with Gasteiger partial charge < -0.3 is 18.8 Å². The number of carbonyl (C=O) groups is 2. The summed E-state index contributed by atoms with van der Waals surface area (Å²) in [7, 11) is 2.50. The molecule has 0 spiro atoms. The molecule has 0 amide bonds. The van der Waals surface area contributed by atoms with Gasteiger partial charge in [0.25, 0.3) is 0 Å². The summed E-state index contributed by atoms with van der Waals surface area (Å²) < 4.78 is 15.2. The molecule has 1 aromatic heterocycles. The molecular weight excluding hydrogens is 324 g/mol. The Labute approximate surface area is 143 Å². The van der Waals surface area contributed by atoms with Crippen LogP contribution in [0.2, 0.25) is 0 Å². The van der Waals surface area contributed by atoms with Crippen LogP contribution in [0.4, 0.5) is 5.69 Å². The highest BCUT2D eigenvalue weighted by atomic mass is 16.5. The van der Waals surface area contributed by atoms with Gasteiger partial charge in [-0.2, -0.15) is 0 Å². The third-order valence-corrected chi connectivity index (χ3v) is 3.65. The standard InChI is InChI=1S/C18H16N2O5/c1-11-19-15-13(8-6-9-14(15)25-11)20-10-5-4-7-12(17(21)23-2)16(20)18(22)24-3/h4-10H,1-3H3. The molecule has 1 aliphatic heterocycles. The van der Waals surface area contributed by atoms with Gasteiger partial charge in [0.15, 0.2) is 11.5 Å². The zero-order valence-electron chi connectivity index (χ0n) is 14.0. The van der Waals surface area contributed by atoms with Gasteiger partial charge >= 0.3 is 11.9 Å². The highest BCUT2D eigenvalue weighted by Crippen LogP contribution is 2.32. The lowest BCUT2D eigenvalue weighted by Crippen LogP contribution is -2.27. The molecule has 0 unspecified atom stereocenters. The fourth-order valence-corrected chi connectivity index (χ4v) is 2.59. The predicted molar refractivity (Wildman–Crippen MR) is 90.6 cm³/mol. The quantitative estimate of drug-likeness (QED) is 0.794. The van der Waals surface area contributed by atoms with Crippen LogP contribution < -0.4 is 4.90 Å². The van der Waals surface area contributed by atoms with Crippen molar-refractivity contribution in [2.75, 3.05) is 19.1 Å². The third kappa shape index (κ3) is 2.91. The van der Waals surface area contributed by atoms with E-state index in [0.717, 1.165) is 0 Å². The van der Waals surface area contributed by atoms with Crippen molar-refractivity contribution in [1.29, 1.82) is 0 Å². The molecule has 3 rings (SSSR count). The summed E-state index contributed by atoms with van der Waals surface area (Å²) in [5.41, 5.74) is 1.83. The monoisotopic (exact) mass is 340 g/mol. The highest BCUT2D eigenvalue weighted by molar-refractivity contribution is 6.06. The van der Waals surface area contributed by atoms with E-state index < -0.39 is 11.9 Å². The lowest BCUT2D eigenvalue weighted by molar-refractivity contribution is -0.139. The van der Waals surface area contributed by atoms with Crippen LogP contribution in [-0.4, -0.2) is 31.1 Å². The Bertz CT molecular complexity index is 936. The van der Waals surface area contributed by atoms with Crippen molar-refractivity contribution < 1.29 is 23.5 Å². The number of ether oxygens (including phenoxy) is 2. The molecule has 25 heavy (non-hydrogen) atoms. The smallest absolute Gasteiger partial charge is 0.355 e. The van der Waals surface area contributed by atoms with Crippen molar-refractivity contribution in [3.63, 3.8) is 0 Å². The van der Waals surface area contributed by atoms with Gasteiger partial charge in [-0.1, -0.05) is 12.1 Å². The number of esters is 2. The largest absolute Gasteiger partial charge is 0.465 e. The van der Waals surface area contributed by atoms with Gasteiger partial charge in [-0.3, -0.25) is 0 Å². The molecule has 1 aliphatic rings.